The van der Waals surface area contributed by atoms with Crippen LogP contribution in [-0.4, -0.2) is 55.5 Å². The number of sulfonamides is 1. The van der Waals surface area contributed by atoms with Gasteiger partial charge < -0.3 is 15.2 Å². The molecule has 0 bridgehead atoms. The number of aromatic nitrogens is 4. The average Bonchev–Trinajstić information content (AvgIpc) is 2.98. The number of aryl methyl sites for hydroxylation is 1. The highest BCUT2D eigenvalue weighted by Crippen LogP contribution is 2.12. The lowest BCUT2D eigenvalue weighted by molar-refractivity contribution is 0.579. The zero-order valence-electron chi connectivity index (χ0n) is 12.7. The third kappa shape index (κ3) is 4.15. The maximum Gasteiger partial charge on any atom is 0.257 e. The zero-order valence-corrected chi connectivity index (χ0v) is 13.5. The van der Waals surface area contributed by atoms with E-state index in [2.05, 4.69) is 30.0 Å². The van der Waals surface area contributed by atoms with Crippen LogP contribution in [0.2, 0.25) is 0 Å². The molecular formula is C12H19N7O2S. The van der Waals surface area contributed by atoms with E-state index < -0.39 is 10.0 Å². The summed E-state index contributed by atoms with van der Waals surface area (Å²) in [5.41, 5.74) is 0. The summed E-state index contributed by atoms with van der Waals surface area (Å²) in [6.07, 6.45) is 2.58. The monoisotopic (exact) mass is 325 g/mol. The van der Waals surface area contributed by atoms with Gasteiger partial charge in [0.05, 0.1) is 12.5 Å². The van der Waals surface area contributed by atoms with E-state index in [-0.39, 0.29) is 11.6 Å². The van der Waals surface area contributed by atoms with E-state index in [1.54, 1.807) is 13.0 Å². The predicted molar refractivity (Wildman–Crippen MR) is 83.4 cm³/mol. The smallest absolute Gasteiger partial charge is 0.257 e. The van der Waals surface area contributed by atoms with Crippen LogP contribution in [0.4, 0.5) is 11.6 Å². The Labute approximate surface area is 129 Å². The molecule has 3 N–H and O–H groups in total. The molecule has 0 saturated heterocycles. The van der Waals surface area contributed by atoms with Crippen molar-refractivity contribution in [2.75, 3.05) is 37.4 Å². The topological polar surface area (TPSA) is 116 Å². The summed E-state index contributed by atoms with van der Waals surface area (Å²) < 4.78 is 26.2. The molecule has 2 aromatic rings. The molecule has 0 aliphatic carbocycles. The number of H-pyrrole nitrogens is 1. The highest BCUT2D eigenvalue weighted by molar-refractivity contribution is 7.89. The fourth-order valence-corrected chi connectivity index (χ4v) is 2.65. The molecule has 0 aromatic carbocycles. The second kappa shape index (κ2) is 6.71. The number of anilines is 2. The predicted octanol–water partition coefficient (Wildman–Crippen LogP) is -0.0355. The number of nitrogens with one attached hydrogen (secondary N) is 3. The van der Waals surface area contributed by atoms with Gasteiger partial charge in [0.1, 0.15) is 17.5 Å². The molecule has 0 saturated carbocycles. The lowest BCUT2D eigenvalue weighted by Gasteiger charge is -2.14. The van der Waals surface area contributed by atoms with Crippen molar-refractivity contribution in [1.29, 1.82) is 0 Å². The normalized spacial score (nSPS) is 11.4. The average molecular weight is 325 g/mol. The molecule has 10 heteroatoms. The standard InChI is InChI=1S/C12H19N7O2S/c1-9-17-10(6-11(18-9)19(2)3)14-4-5-16-22(20,21)12-7-13-8-15-12/h6-8,16H,4-5H2,1-3H3,(H,13,15)(H,14,17,18). The van der Waals surface area contributed by atoms with Gasteiger partial charge in [-0.1, -0.05) is 0 Å². The van der Waals surface area contributed by atoms with Crippen molar-refractivity contribution in [3.8, 4) is 0 Å². The van der Waals surface area contributed by atoms with E-state index in [0.29, 0.717) is 18.2 Å². The van der Waals surface area contributed by atoms with Crippen LogP contribution in [0.25, 0.3) is 0 Å². The van der Waals surface area contributed by atoms with Gasteiger partial charge in [0, 0.05) is 33.3 Å². The summed E-state index contributed by atoms with van der Waals surface area (Å²) in [5, 5.41) is 3.11. The number of hydrogen-bond acceptors (Lipinski definition) is 7. The molecule has 9 nitrogen and oxygen atoms in total. The second-order valence-corrected chi connectivity index (χ2v) is 6.53. The van der Waals surface area contributed by atoms with Crippen LogP contribution >= 0.6 is 0 Å². The van der Waals surface area contributed by atoms with E-state index in [4.69, 9.17) is 0 Å². The minimum atomic E-state index is -3.55. The van der Waals surface area contributed by atoms with Gasteiger partial charge >= 0.3 is 0 Å². The van der Waals surface area contributed by atoms with Crippen molar-refractivity contribution in [3.63, 3.8) is 0 Å². The van der Waals surface area contributed by atoms with Gasteiger partial charge in [-0.3, -0.25) is 0 Å². The van der Waals surface area contributed by atoms with Crippen molar-refractivity contribution in [3.05, 3.63) is 24.4 Å². The Hall–Kier alpha value is -2.20. The molecule has 0 aliphatic heterocycles. The molecule has 120 valence electrons. The van der Waals surface area contributed by atoms with Crippen LogP contribution in [-0.2, 0) is 10.0 Å². The van der Waals surface area contributed by atoms with E-state index in [9.17, 15) is 8.42 Å². The van der Waals surface area contributed by atoms with Crippen LogP contribution in [0.1, 0.15) is 5.82 Å². The summed E-state index contributed by atoms with van der Waals surface area (Å²) in [7, 11) is 0.236. The Morgan fingerprint density at radius 3 is 2.68 bits per heavy atom. The SMILES string of the molecule is Cc1nc(NCCNS(=O)(=O)c2cnc[nH]2)cc(N(C)C)n1. The number of rotatable bonds is 7. The molecule has 0 aliphatic rings. The maximum atomic E-state index is 11.9. The van der Waals surface area contributed by atoms with Gasteiger partial charge in [-0.25, -0.2) is 28.1 Å². The summed E-state index contributed by atoms with van der Waals surface area (Å²) in [5.74, 6) is 2.08. The minimum absolute atomic E-state index is 0.0419. The lowest BCUT2D eigenvalue weighted by Crippen LogP contribution is -2.29. The first kappa shape index (κ1) is 16.2. The van der Waals surface area contributed by atoms with Gasteiger partial charge in [-0.05, 0) is 6.92 Å². The van der Waals surface area contributed by atoms with Gasteiger partial charge in [-0.2, -0.15) is 0 Å². The number of nitrogens with zero attached hydrogens (tertiary/aromatic N) is 4. The van der Waals surface area contributed by atoms with Gasteiger partial charge in [0.2, 0.25) is 0 Å². The maximum absolute atomic E-state index is 11.9. The van der Waals surface area contributed by atoms with Crippen molar-refractivity contribution < 1.29 is 8.42 Å². The summed E-state index contributed by atoms with van der Waals surface area (Å²) >= 11 is 0. The van der Waals surface area contributed by atoms with Crippen LogP contribution in [0.5, 0.6) is 0 Å². The first-order chi connectivity index (χ1) is 10.4. The van der Waals surface area contributed by atoms with Gasteiger partial charge in [-0.15, -0.1) is 0 Å². The quantitative estimate of drug-likeness (QED) is 0.612. The van der Waals surface area contributed by atoms with Gasteiger partial charge in [0.25, 0.3) is 10.0 Å². The molecule has 0 radical (unpaired) electrons. The Kier molecular flexibility index (Phi) is 4.93. The third-order valence-electron chi connectivity index (χ3n) is 2.77. The Bertz CT molecular complexity index is 713. The Balaban J connectivity index is 1.89. The fraction of sp³-hybridized carbons (Fsp3) is 0.417. The zero-order chi connectivity index (χ0) is 16.2. The Morgan fingerprint density at radius 1 is 1.27 bits per heavy atom. The van der Waals surface area contributed by atoms with Crippen LogP contribution in [0.15, 0.2) is 23.6 Å². The number of imidazole rings is 1. The molecule has 0 amide bonds. The summed E-state index contributed by atoms with van der Waals surface area (Å²) in [6, 6.07) is 1.80. The largest absolute Gasteiger partial charge is 0.369 e. The van der Waals surface area contributed by atoms with E-state index >= 15 is 0 Å². The molecule has 22 heavy (non-hydrogen) atoms. The summed E-state index contributed by atoms with van der Waals surface area (Å²) in [4.78, 5) is 16.7. The van der Waals surface area contributed by atoms with Crippen LogP contribution in [0.3, 0.4) is 0 Å². The lowest BCUT2D eigenvalue weighted by atomic mass is 10.4. The van der Waals surface area contributed by atoms with Crippen molar-refractivity contribution >= 4 is 21.7 Å². The first-order valence-corrected chi connectivity index (χ1v) is 8.12. The van der Waals surface area contributed by atoms with Crippen molar-refractivity contribution in [1.82, 2.24) is 24.7 Å². The number of hydrogen-bond donors (Lipinski definition) is 3. The minimum Gasteiger partial charge on any atom is -0.369 e. The first-order valence-electron chi connectivity index (χ1n) is 6.63. The third-order valence-corrected chi connectivity index (χ3v) is 4.15. The molecule has 0 fully saturated rings. The van der Waals surface area contributed by atoms with E-state index in [1.807, 2.05) is 19.0 Å². The molecule has 0 spiro atoms. The van der Waals surface area contributed by atoms with E-state index in [1.165, 1.54) is 12.5 Å². The summed E-state index contributed by atoms with van der Waals surface area (Å²) in [6.45, 7) is 2.43. The van der Waals surface area contributed by atoms with Crippen LogP contribution < -0.4 is 14.9 Å². The molecule has 2 aromatic heterocycles. The number of aromatic amines is 1. The molecular weight excluding hydrogens is 306 g/mol. The highest BCUT2D eigenvalue weighted by atomic mass is 32.2. The molecule has 2 heterocycles. The molecule has 0 unspecified atom stereocenters. The van der Waals surface area contributed by atoms with Crippen LogP contribution in [0, 0.1) is 6.92 Å². The Morgan fingerprint density at radius 2 is 2.05 bits per heavy atom. The van der Waals surface area contributed by atoms with Crippen molar-refractivity contribution in [2.45, 2.75) is 11.9 Å². The highest BCUT2D eigenvalue weighted by Gasteiger charge is 2.14. The fourth-order valence-electron chi connectivity index (χ4n) is 1.72. The van der Waals surface area contributed by atoms with Crippen molar-refractivity contribution in [2.24, 2.45) is 0 Å². The van der Waals surface area contributed by atoms with Gasteiger partial charge in [0.15, 0.2) is 5.03 Å². The molecule has 2 rings (SSSR count). The molecule has 0 atom stereocenters. The van der Waals surface area contributed by atoms with E-state index in [0.717, 1.165) is 5.82 Å². The second-order valence-electron chi connectivity index (χ2n) is 4.79.